The third-order valence-electron chi connectivity index (χ3n) is 3.01. The van der Waals surface area contributed by atoms with Gasteiger partial charge in [0.1, 0.15) is 0 Å². The fourth-order valence-corrected chi connectivity index (χ4v) is 1.83. The van der Waals surface area contributed by atoms with Crippen LogP contribution in [0.4, 0.5) is 8.78 Å². The van der Waals surface area contributed by atoms with Crippen molar-refractivity contribution >= 4 is 17.8 Å². The van der Waals surface area contributed by atoms with Crippen LogP contribution in [-0.4, -0.2) is 38.1 Å². The van der Waals surface area contributed by atoms with Gasteiger partial charge in [0, 0.05) is 0 Å². The molecule has 2 aromatic rings. The second-order valence-corrected chi connectivity index (χ2v) is 4.80. The lowest BCUT2D eigenvalue weighted by atomic mass is 10.2. The lowest BCUT2D eigenvalue weighted by molar-refractivity contribution is -0.125. The van der Waals surface area contributed by atoms with Crippen LogP contribution in [0.1, 0.15) is 20.9 Å². The number of alkyl halides is 2. The zero-order valence-corrected chi connectivity index (χ0v) is 13.9. The third kappa shape index (κ3) is 5.70. The molecular weight excluding hydrogens is 370 g/mol. The maximum atomic E-state index is 12.3. The first-order chi connectivity index (χ1) is 12.9. The van der Waals surface area contributed by atoms with Crippen molar-refractivity contribution < 1.29 is 41.8 Å². The number of rotatable bonds is 7. The van der Waals surface area contributed by atoms with Gasteiger partial charge in [0.15, 0.2) is 23.9 Å². The van der Waals surface area contributed by atoms with Crippen LogP contribution >= 0.6 is 0 Å². The predicted octanol–water partition coefficient (Wildman–Crippen LogP) is 1.51. The SMILES string of the molecule is COc1cc(C(=O)OCC(=O)NNC(=O)c2ccco2)ccc1OC(F)F. The van der Waals surface area contributed by atoms with Gasteiger partial charge in [-0.05, 0) is 30.3 Å². The van der Waals surface area contributed by atoms with Crippen molar-refractivity contribution in [2.75, 3.05) is 13.7 Å². The van der Waals surface area contributed by atoms with Crippen molar-refractivity contribution in [3.8, 4) is 11.5 Å². The fourth-order valence-electron chi connectivity index (χ4n) is 1.83. The molecule has 0 bridgehead atoms. The molecule has 0 saturated carbocycles. The molecule has 1 aromatic heterocycles. The average molecular weight is 384 g/mol. The third-order valence-corrected chi connectivity index (χ3v) is 3.01. The number of methoxy groups -OCH3 is 1. The number of amides is 2. The summed E-state index contributed by atoms with van der Waals surface area (Å²) in [5, 5.41) is 0. The summed E-state index contributed by atoms with van der Waals surface area (Å²) < 4.78 is 43.2. The molecule has 0 aliphatic carbocycles. The number of benzene rings is 1. The van der Waals surface area contributed by atoms with Crippen molar-refractivity contribution in [2.24, 2.45) is 0 Å². The summed E-state index contributed by atoms with van der Waals surface area (Å²) in [4.78, 5) is 35.1. The highest BCUT2D eigenvalue weighted by molar-refractivity contribution is 5.94. The highest BCUT2D eigenvalue weighted by atomic mass is 19.3. The number of hydrazine groups is 1. The van der Waals surface area contributed by atoms with E-state index in [0.29, 0.717) is 0 Å². The number of halogens is 2. The molecule has 9 nitrogen and oxygen atoms in total. The Hall–Kier alpha value is -3.63. The number of furan rings is 1. The van der Waals surface area contributed by atoms with Crippen LogP contribution in [0.25, 0.3) is 0 Å². The van der Waals surface area contributed by atoms with E-state index in [2.05, 4.69) is 10.2 Å². The van der Waals surface area contributed by atoms with Gasteiger partial charge in [-0.25, -0.2) is 4.79 Å². The molecule has 0 saturated heterocycles. The Balaban J connectivity index is 1.85. The largest absolute Gasteiger partial charge is 0.493 e. The minimum atomic E-state index is -3.06. The normalized spacial score (nSPS) is 10.2. The quantitative estimate of drug-likeness (QED) is 0.549. The van der Waals surface area contributed by atoms with Crippen molar-refractivity contribution in [1.82, 2.24) is 10.9 Å². The zero-order valence-electron chi connectivity index (χ0n) is 13.9. The smallest absolute Gasteiger partial charge is 0.387 e. The molecule has 144 valence electrons. The monoisotopic (exact) mass is 384 g/mol. The summed E-state index contributed by atoms with van der Waals surface area (Å²) in [6.45, 7) is -3.76. The molecule has 0 unspecified atom stereocenters. The van der Waals surface area contributed by atoms with Crippen LogP contribution in [0.5, 0.6) is 11.5 Å². The molecule has 0 spiro atoms. The second-order valence-electron chi connectivity index (χ2n) is 4.80. The number of ether oxygens (including phenoxy) is 3. The van der Waals surface area contributed by atoms with E-state index in [4.69, 9.17) is 13.9 Å². The lowest BCUT2D eigenvalue weighted by Crippen LogP contribution is -2.43. The molecule has 0 aliphatic heterocycles. The maximum absolute atomic E-state index is 12.3. The maximum Gasteiger partial charge on any atom is 0.387 e. The average Bonchev–Trinajstić information content (AvgIpc) is 3.18. The van der Waals surface area contributed by atoms with E-state index in [1.807, 2.05) is 5.43 Å². The first-order valence-corrected chi connectivity index (χ1v) is 7.33. The fraction of sp³-hybridized carbons (Fsp3) is 0.188. The number of carbonyl (C=O) groups is 3. The summed E-state index contributed by atoms with van der Waals surface area (Å²) in [6.07, 6.45) is 1.28. The number of nitrogens with one attached hydrogen (secondary N) is 2. The van der Waals surface area contributed by atoms with Gasteiger partial charge in [0.2, 0.25) is 0 Å². The molecule has 1 heterocycles. The summed E-state index contributed by atoms with van der Waals surface area (Å²) in [6, 6.07) is 6.27. The van der Waals surface area contributed by atoms with Gasteiger partial charge >= 0.3 is 18.5 Å². The Kier molecular flexibility index (Phi) is 6.69. The van der Waals surface area contributed by atoms with Crippen LogP contribution in [0.3, 0.4) is 0 Å². The summed E-state index contributed by atoms with van der Waals surface area (Å²) in [5.41, 5.74) is 4.03. The molecule has 0 atom stereocenters. The Morgan fingerprint density at radius 1 is 1.15 bits per heavy atom. The van der Waals surface area contributed by atoms with Crippen molar-refractivity contribution in [2.45, 2.75) is 6.61 Å². The van der Waals surface area contributed by atoms with Crippen molar-refractivity contribution in [1.29, 1.82) is 0 Å². The predicted molar refractivity (Wildman–Crippen MR) is 84.2 cm³/mol. The van der Waals surface area contributed by atoms with E-state index in [1.165, 1.54) is 31.6 Å². The Morgan fingerprint density at radius 3 is 2.56 bits per heavy atom. The van der Waals surface area contributed by atoms with E-state index in [9.17, 15) is 23.2 Å². The molecule has 2 amide bonds. The number of esters is 1. The minimum absolute atomic E-state index is 0.0227. The molecule has 2 N–H and O–H groups in total. The lowest BCUT2D eigenvalue weighted by Gasteiger charge is -2.11. The highest BCUT2D eigenvalue weighted by Gasteiger charge is 2.16. The second kappa shape index (κ2) is 9.17. The molecule has 1 aromatic carbocycles. The van der Waals surface area contributed by atoms with Crippen LogP contribution in [0.15, 0.2) is 41.0 Å². The molecule has 11 heteroatoms. The molecule has 2 rings (SSSR count). The number of hydrogen-bond acceptors (Lipinski definition) is 7. The van der Waals surface area contributed by atoms with Crippen LogP contribution < -0.4 is 20.3 Å². The Bertz CT molecular complexity index is 809. The standard InChI is InChI=1S/C16H14F2N2O7/c1-24-12-7-9(4-5-10(12)27-16(17)18)15(23)26-8-13(21)19-20-14(22)11-3-2-6-25-11/h2-7,16H,8H2,1H3,(H,19,21)(H,20,22). The minimum Gasteiger partial charge on any atom is -0.493 e. The van der Waals surface area contributed by atoms with Gasteiger partial charge in [0.05, 0.1) is 18.9 Å². The van der Waals surface area contributed by atoms with Gasteiger partial charge in [-0.3, -0.25) is 20.4 Å². The van der Waals surface area contributed by atoms with E-state index in [1.54, 1.807) is 0 Å². The van der Waals surface area contributed by atoms with Crippen molar-refractivity contribution in [3.05, 3.63) is 47.9 Å². The van der Waals surface area contributed by atoms with Crippen LogP contribution in [0, 0.1) is 0 Å². The van der Waals surface area contributed by atoms with Crippen LogP contribution in [0.2, 0.25) is 0 Å². The molecular formula is C16H14F2N2O7. The molecule has 0 radical (unpaired) electrons. The summed E-state index contributed by atoms with van der Waals surface area (Å²) >= 11 is 0. The highest BCUT2D eigenvalue weighted by Crippen LogP contribution is 2.29. The summed E-state index contributed by atoms with van der Waals surface area (Å²) in [5.74, 6) is -2.82. The molecule has 27 heavy (non-hydrogen) atoms. The first-order valence-electron chi connectivity index (χ1n) is 7.33. The number of carbonyl (C=O) groups excluding carboxylic acids is 3. The Morgan fingerprint density at radius 2 is 1.93 bits per heavy atom. The summed E-state index contributed by atoms with van der Waals surface area (Å²) in [7, 11) is 1.21. The van der Waals surface area contributed by atoms with Crippen LogP contribution in [-0.2, 0) is 9.53 Å². The molecule has 0 fully saturated rings. The van der Waals surface area contributed by atoms with Gasteiger partial charge < -0.3 is 18.6 Å². The van der Waals surface area contributed by atoms with E-state index < -0.39 is 31.0 Å². The zero-order chi connectivity index (χ0) is 19.8. The van der Waals surface area contributed by atoms with E-state index in [0.717, 1.165) is 12.1 Å². The molecule has 0 aliphatic rings. The van der Waals surface area contributed by atoms with E-state index >= 15 is 0 Å². The topological polar surface area (TPSA) is 116 Å². The van der Waals surface area contributed by atoms with E-state index in [-0.39, 0.29) is 22.8 Å². The van der Waals surface area contributed by atoms with Gasteiger partial charge in [-0.2, -0.15) is 8.78 Å². The Labute approximate surface area is 151 Å². The van der Waals surface area contributed by atoms with Gasteiger partial charge in [-0.15, -0.1) is 0 Å². The first kappa shape index (κ1) is 19.7. The van der Waals surface area contributed by atoms with Crippen molar-refractivity contribution in [3.63, 3.8) is 0 Å². The van der Waals surface area contributed by atoms with Gasteiger partial charge in [0.25, 0.3) is 5.91 Å². The van der Waals surface area contributed by atoms with Gasteiger partial charge in [-0.1, -0.05) is 0 Å². The number of hydrogen-bond donors (Lipinski definition) is 2.